The average Bonchev–Trinajstić information content (AvgIpc) is 2.94. The zero-order chi connectivity index (χ0) is 15.8. The van der Waals surface area contributed by atoms with E-state index in [0.717, 1.165) is 21.9 Å². The molecule has 1 aromatic heterocycles. The Kier molecular flexibility index (Phi) is 3.37. The molecule has 1 heterocycles. The molecule has 4 aromatic rings. The summed E-state index contributed by atoms with van der Waals surface area (Å²) in [6.07, 6.45) is 0. The normalized spacial score (nSPS) is 12.6. The monoisotopic (exact) mass is 322 g/mol. The number of para-hydroxylation sites is 2. The SMILES string of the molecule is O=S([O-])N(c1ccccc1)c1ccc2oc3ccccc3c2c1. The minimum absolute atomic E-state index is 0.573. The van der Waals surface area contributed by atoms with Crippen molar-refractivity contribution in [2.24, 2.45) is 0 Å². The summed E-state index contributed by atoms with van der Waals surface area (Å²) in [5, 5.41) is 1.86. The Hall–Kier alpha value is -2.63. The molecule has 4 rings (SSSR count). The average molecular weight is 322 g/mol. The van der Waals surface area contributed by atoms with Crippen molar-refractivity contribution < 1.29 is 13.2 Å². The van der Waals surface area contributed by atoms with Crippen LogP contribution in [0.25, 0.3) is 21.9 Å². The number of hydrogen-bond acceptors (Lipinski definition) is 3. The molecule has 0 aliphatic heterocycles. The summed E-state index contributed by atoms with van der Waals surface area (Å²) in [5.41, 5.74) is 2.69. The fourth-order valence-electron chi connectivity index (χ4n) is 2.72. The van der Waals surface area contributed by atoms with Crippen LogP contribution in [0.1, 0.15) is 0 Å². The van der Waals surface area contributed by atoms with Crippen molar-refractivity contribution in [2.45, 2.75) is 0 Å². The molecule has 3 aromatic carbocycles. The molecule has 0 amide bonds. The third kappa shape index (κ3) is 2.40. The second kappa shape index (κ2) is 5.53. The van der Waals surface area contributed by atoms with E-state index in [0.29, 0.717) is 11.4 Å². The van der Waals surface area contributed by atoms with Gasteiger partial charge in [-0.25, -0.2) is 0 Å². The first-order valence-electron chi connectivity index (χ1n) is 7.10. The molecule has 4 nitrogen and oxygen atoms in total. The molecule has 23 heavy (non-hydrogen) atoms. The topological polar surface area (TPSA) is 56.5 Å². The Labute approximate surface area is 135 Å². The zero-order valence-electron chi connectivity index (χ0n) is 12.0. The van der Waals surface area contributed by atoms with Crippen LogP contribution in [0.3, 0.4) is 0 Å². The van der Waals surface area contributed by atoms with E-state index in [1.807, 2.05) is 36.4 Å². The molecule has 0 saturated carbocycles. The van der Waals surface area contributed by atoms with E-state index in [1.54, 1.807) is 36.4 Å². The van der Waals surface area contributed by atoms with Crippen molar-refractivity contribution in [3.63, 3.8) is 0 Å². The van der Waals surface area contributed by atoms with Gasteiger partial charge in [-0.3, -0.25) is 8.51 Å². The molecule has 0 radical (unpaired) electrons. The van der Waals surface area contributed by atoms with E-state index in [1.165, 1.54) is 4.31 Å². The number of hydrogen-bond donors (Lipinski definition) is 0. The van der Waals surface area contributed by atoms with Gasteiger partial charge in [0, 0.05) is 10.8 Å². The van der Waals surface area contributed by atoms with Gasteiger partial charge in [-0.1, -0.05) is 36.4 Å². The largest absolute Gasteiger partial charge is 0.755 e. The van der Waals surface area contributed by atoms with Crippen molar-refractivity contribution in [3.8, 4) is 0 Å². The first-order chi connectivity index (χ1) is 11.2. The highest BCUT2D eigenvalue weighted by atomic mass is 32.2. The Morgan fingerprint density at radius 3 is 2.26 bits per heavy atom. The van der Waals surface area contributed by atoms with Crippen molar-refractivity contribution in [2.75, 3.05) is 4.31 Å². The molecule has 0 fully saturated rings. The number of fused-ring (bicyclic) bond motifs is 3. The molecule has 0 spiro atoms. The fourth-order valence-corrected chi connectivity index (χ4v) is 3.30. The van der Waals surface area contributed by atoms with Gasteiger partial charge >= 0.3 is 0 Å². The van der Waals surface area contributed by atoms with Gasteiger partial charge in [0.25, 0.3) is 0 Å². The number of benzene rings is 3. The summed E-state index contributed by atoms with van der Waals surface area (Å²) in [4.78, 5) is 0. The molecule has 0 saturated heterocycles. The maximum atomic E-state index is 11.7. The highest BCUT2D eigenvalue weighted by molar-refractivity contribution is 7.81. The Morgan fingerprint density at radius 1 is 0.783 bits per heavy atom. The highest BCUT2D eigenvalue weighted by Crippen LogP contribution is 2.34. The lowest BCUT2D eigenvalue weighted by Crippen LogP contribution is -2.19. The van der Waals surface area contributed by atoms with Crippen LogP contribution in [-0.2, 0) is 11.3 Å². The summed E-state index contributed by atoms with van der Waals surface area (Å²) in [7, 11) is 0. The van der Waals surface area contributed by atoms with Gasteiger partial charge < -0.3 is 8.97 Å². The molecule has 1 atom stereocenters. The van der Waals surface area contributed by atoms with E-state index in [2.05, 4.69) is 0 Å². The van der Waals surface area contributed by atoms with Crippen LogP contribution in [0.4, 0.5) is 11.4 Å². The molecule has 114 valence electrons. The molecule has 0 bridgehead atoms. The van der Waals surface area contributed by atoms with E-state index in [9.17, 15) is 8.76 Å². The second-order valence-corrected chi connectivity index (χ2v) is 5.93. The lowest BCUT2D eigenvalue weighted by molar-refractivity contribution is 0.537. The first kappa shape index (κ1) is 14.0. The van der Waals surface area contributed by atoms with Crippen molar-refractivity contribution in [1.29, 1.82) is 0 Å². The summed E-state index contributed by atoms with van der Waals surface area (Å²) in [5.74, 6) is 0. The summed E-state index contributed by atoms with van der Waals surface area (Å²) >= 11 is -2.42. The molecular formula is C18H12NO3S-. The maximum Gasteiger partial charge on any atom is 0.135 e. The van der Waals surface area contributed by atoms with Gasteiger partial charge in [0.05, 0.1) is 22.6 Å². The van der Waals surface area contributed by atoms with Gasteiger partial charge in [-0.05, 0) is 36.4 Å². The lowest BCUT2D eigenvalue weighted by atomic mass is 10.1. The molecular weight excluding hydrogens is 310 g/mol. The van der Waals surface area contributed by atoms with Crippen LogP contribution >= 0.6 is 0 Å². The van der Waals surface area contributed by atoms with Gasteiger partial charge in [0.15, 0.2) is 0 Å². The van der Waals surface area contributed by atoms with Crippen LogP contribution in [0, 0.1) is 0 Å². The molecule has 0 aliphatic rings. The minimum Gasteiger partial charge on any atom is -0.755 e. The zero-order valence-corrected chi connectivity index (χ0v) is 12.8. The van der Waals surface area contributed by atoms with Crippen LogP contribution in [0.2, 0.25) is 0 Å². The van der Waals surface area contributed by atoms with Gasteiger partial charge in [-0.2, -0.15) is 0 Å². The number of rotatable bonds is 3. The lowest BCUT2D eigenvalue weighted by Gasteiger charge is -2.26. The van der Waals surface area contributed by atoms with E-state index >= 15 is 0 Å². The minimum atomic E-state index is -2.42. The second-order valence-electron chi connectivity index (χ2n) is 5.13. The van der Waals surface area contributed by atoms with E-state index < -0.39 is 11.3 Å². The summed E-state index contributed by atoms with van der Waals surface area (Å²) < 4.78 is 30.5. The van der Waals surface area contributed by atoms with Crippen molar-refractivity contribution in [3.05, 3.63) is 72.8 Å². The van der Waals surface area contributed by atoms with Gasteiger partial charge in [0.1, 0.15) is 11.2 Å². The Morgan fingerprint density at radius 2 is 1.48 bits per heavy atom. The van der Waals surface area contributed by atoms with E-state index in [4.69, 9.17) is 4.42 Å². The quantitative estimate of drug-likeness (QED) is 0.521. The Bertz CT molecular complexity index is 1010. The highest BCUT2D eigenvalue weighted by Gasteiger charge is 2.13. The molecule has 0 N–H and O–H groups in total. The van der Waals surface area contributed by atoms with Gasteiger partial charge in [0.2, 0.25) is 0 Å². The number of anilines is 2. The molecule has 1 unspecified atom stereocenters. The van der Waals surface area contributed by atoms with Crippen molar-refractivity contribution >= 4 is 44.6 Å². The third-order valence-electron chi connectivity index (χ3n) is 3.73. The van der Waals surface area contributed by atoms with Gasteiger partial charge in [-0.15, -0.1) is 0 Å². The standard InChI is InChI=1S/C18H13NO3S/c20-23(21)19(13-6-2-1-3-7-13)14-10-11-18-16(12-14)15-8-4-5-9-17(15)22-18/h1-12H,(H,20,21)/p-1. The third-order valence-corrected chi connectivity index (χ3v) is 4.45. The number of nitrogens with zero attached hydrogens (tertiary/aromatic N) is 1. The molecule has 0 aliphatic carbocycles. The summed E-state index contributed by atoms with van der Waals surface area (Å²) in [6.45, 7) is 0. The van der Waals surface area contributed by atoms with E-state index in [-0.39, 0.29) is 0 Å². The summed E-state index contributed by atoms with van der Waals surface area (Å²) in [6, 6.07) is 22.1. The predicted octanol–water partition coefficient (Wildman–Crippen LogP) is 4.52. The first-order valence-corrected chi connectivity index (χ1v) is 8.13. The number of furan rings is 1. The Balaban J connectivity index is 1.93. The van der Waals surface area contributed by atoms with Crippen LogP contribution < -0.4 is 4.31 Å². The van der Waals surface area contributed by atoms with Crippen LogP contribution in [0.5, 0.6) is 0 Å². The predicted molar refractivity (Wildman–Crippen MR) is 91.2 cm³/mol. The molecule has 5 heteroatoms. The van der Waals surface area contributed by atoms with Crippen LogP contribution in [-0.4, -0.2) is 8.76 Å². The van der Waals surface area contributed by atoms with Crippen LogP contribution in [0.15, 0.2) is 77.2 Å². The van der Waals surface area contributed by atoms with Crippen molar-refractivity contribution in [1.82, 2.24) is 0 Å². The maximum absolute atomic E-state index is 11.7. The smallest absolute Gasteiger partial charge is 0.135 e. The fraction of sp³-hybridized carbons (Fsp3) is 0.